The second kappa shape index (κ2) is 5.13. The lowest BCUT2D eigenvalue weighted by molar-refractivity contribution is -0.384. The van der Waals surface area contributed by atoms with Gasteiger partial charge in [0.25, 0.3) is 0 Å². The van der Waals surface area contributed by atoms with Gasteiger partial charge in [0, 0.05) is 12.6 Å². The van der Waals surface area contributed by atoms with E-state index in [1.165, 1.54) is 6.20 Å². The Balaban J connectivity index is 2.42. The molecular formula is C10H16N6O2. The molecule has 8 heteroatoms. The number of hydrazine groups is 1. The van der Waals surface area contributed by atoms with E-state index in [0.717, 1.165) is 25.8 Å². The van der Waals surface area contributed by atoms with Crippen LogP contribution in [0.1, 0.15) is 26.2 Å². The maximum Gasteiger partial charge on any atom is 0.329 e. The monoisotopic (exact) mass is 252 g/mol. The van der Waals surface area contributed by atoms with Crippen molar-refractivity contribution in [1.82, 2.24) is 9.97 Å². The second-order valence-electron chi connectivity index (χ2n) is 4.20. The third-order valence-electron chi connectivity index (χ3n) is 3.20. The fraction of sp³-hybridized carbons (Fsp3) is 0.600. The molecule has 0 aromatic carbocycles. The summed E-state index contributed by atoms with van der Waals surface area (Å²) in [7, 11) is 0. The number of hydrogen-bond acceptors (Lipinski definition) is 7. The number of aromatic nitrogens is 2. The zero-order valence-electron chi connectivity index (χ0n) is 10.2. The molecule has 1 saturated heterocycles. The summed E-state index contributed by atoms with van der Waals surface area (Å²) in [5, 5.41) is 11.0. The molecule has 1 aliphatic heterocycles. The number of rotatable bonds is 4. The Morgan fingerprint density at radius 1 is 1.72 bits per heavy atom. The van der Waals surface area contributed by atoms with Crippen LogP contribution >= 0.6 is 0 Å². The minimum atomic E-state index is -0.458. The van der Waals surface area contributed by atoms with Gasteiger partial charge in [-0.3, -0.25) is 15.5 Å². The summed E-state index contributed by atoms with van der Waals surface area (Å²) in [6.07, 6.45) is 4.18. The van der Waals surface area contributed by atoms with E-state index in [4.69, 9.17) is 5.84 Å². The van der Waals surface area contributed by atoms with E-state index in [9.17, 15) is 10.1 Å². The molecule has 98 valence electrons. The SMILES string of the molecule is CCC1CCCN1c1nc(NN)ncc1[N+](=O)[O-]. The van der Waals surface area contributed by atoms with Crippen LogP contribution in [0.4, 0.5) is 17.5 Å². The number of nitrogens with one attached hydrogen (secondary N) is 1. The van der Waals surface area contributed by atoms with E-state index >= 15 is 0 Å². The minimum absolute atomic E-state index is 0.0747. The Labute approximate surface area is 104 Å². The lowest BCUT2D eigenvalue weighted by atomic mass is 10.2. The van der Waals surface area contributed by atoms with Gasteiger partial charge >= 0.3 is 5.69 Å². The molecule has 1 unspecified atom stereocenters. The maximum atomic E-state index is 11.0. The van der Waals surface area contributed by atoms with E-state index < -0.39 is 4.92 Å². The van der Waals surface area contributed by atoms with E-state index in [1.807, 2.05) is 4.90 Å². The van der Waals surface area contributed by atoms with E-state index in [-0.39, 0.29) is 11.6 Å². The fourth-order valence-electron chi connectivity index (χ4n) is 2.32. The van der Waals surface area contributed by atoms with Crippen molar-refractivity contribution in [3.63, 3.8) is 0 Å². The topological polar surface area (TPSA) is 110 Å². The zero-order chi connectivity index (χ0) is 13.1. The van der Waals surface area contributed by atoms with Gasteiger partial charge < -0.3 is 4.90 Å². The van der Waals surface area contributed by atoms with Crippen LogP contribution < -0.4 is 16.2 Å². The lowest BCUT2D eigenvalue weighted by Gasteiger charge is -2.24. The molecule has 2 rings (SSSR count). The van der Waals surface area contributed by atoms with E-state index in [1.54, 1.807) is 0 Å². The predicted molar refractivity (Wildman–Crippen MR) is 67.2 cm³/mol. The highest BCUT2D eigenvalue weighted by Crippen LogP contribution is 2.32. The van der Waals surface area contributed by atoms with Gasteiger partial charge in [-0.1, -0.05) is 6.92 Å². The van der Waals surface area contributed by atoms with Crippen LogP contribution in [-0.2, 0) is 0 Å². The highest BCUT2D eigenvalue weighted by molar-refractivity contribution is 5.59. The second-order valence-corrected chi connectivity index (χ2v) is 4.20. The summed E-state index contributed by atoms with van der Waals surface area (Å²) >= 11 is 0. The van der Waals surface area contributed by atoms with Gasteiger partial charge in [-0.15, -0.1) is 0 Å². The molecule has 0 spiro atoms. The smallest absolute Gasteiger partial charge is 0.329 e. The van der Waals surface area contributed by atoms with Crippen molar-refractivity contribution in [2.75, 3.05) is 16.9 Å². The molecule has 0 radical (unpaired) electrons. The summed E-state index contributed by atoms with van der Waals surface area (Å²) in [5.41, 5.74) is 2.24. The molecule has 1 fully saturated rings. The average Bonchev–Trinajstić information content (AvgIpc) is 2.85. The quantitative estimate of drug-likeness (QED) is 0.468. The first-order chi connectivity index (χ1) is 8.67. The highest BCUT2D eigenvalue weighted by atomic mass is 16.6. The number of hydrogen-bond donors (Lipinski definition) is 2. The van der Waals surface area contributed by atoms with Gasteiger partial charge in [0.05, 0.1) is 4.92 Å². The largest absolute Gasteiger partial charge is 0.348 e. The van der Waals surface area contributed by atoms with Gasteiger partial charge in [-0.25, -0.2) is 10.8 Å². The molecule has 0 bridgehead atoms. The standard InChI is InChI=1S/C10H16N6O2/c1-2-7-4-3-5-15(7)9-8(16(17)18)6-12-10(13-9)14-11/h6-7H,2-5,11H2,1H3,(H,12,13,14). The first-order valence-corrected chi connectivity index (χ1v) is 5.92. The van der Waals surface area contributed by atoms with Crippen molar-refractivity contribution in [2.45, 2.75) is 32.2 Å². The van der Waals surface area contributed by atoms with E-state index in [2.05, 4.69) is 22.3 Å². The molecule has 1 aromatic rings. The Morgan fingerprint density at radius 2 is 2.50 bits per heavy atom. The molecule has 1 aliphatic rings. The summed E-state index contributed by atoms with van der Waals surface area (Å²) in [5.74, 6) is 5.79. The first kappa shape index (κ1) is 12.5. The van der Waals surface area contributed by atoms with Gasteiger partial charge in [-0.2, -0.15) is 4.98 Å². The number of nitrogens with zero attached hydrogens (tertiary/aromatic N) is 4. The molecule has 0 amide bonds. The number of nitro groups is 1. The van der Waals surface area contributed by atoms with Crippen LogP contribution in [-0.4, -0.2) is 27.5 Å². The molecule has 1 aromatic heterocycles. The summed E-state index contributed by atoms with van der Waals surface area (Å²) < 4.78 is 0. The summed E-state index contributed by atoms with van der Waals surface area (Å²) in [6.45, 7) is 2.85. The summed E-state index contributed by atoms with van der Waals surface area (Å²) in [4.78, 5) is 20.5. The fourth-order valence-corrected chi connectivity index (χ4v) is 2.32. The van der Waals surface area contributed by atoms with Gasteiger partial charge in [0.15, 0.2) is 0 Å². The maximum absolute atomic E-state index is 11.0. The van der Waals surface area contributed by atoms with Crippen molar-refractivity contribution in [3.05, 3.63) is 16.3 Å². The van der Waals surface area contributed by atoms with Crippen LogP contribution in [0.25, 0.3) is 0 Å². The average molecular weight is 252 g/mol. The van der Waals surface area contributed by atoms with Crippen molar-refractivity contribution >= 4 is 17.5 Å². The Hall–Kier alpha value is -1.96. The summed E-state index contributed by atoms with van der Waals surface area (Å²) in [6, 6.07) is 0.296. The Kier molecular flexibility index (Phi) is 3.56. The number of nitrogens with two attached hydrogens (primary N) is 1. The van der Waals surface area contributed by atoms with Crippen LogP contribution in [0.2, 0.25) is 0 Å². The van der Waals surface area contributed by atoms with Crippen LogP contribution in [0.15, 0.2) is 6.20 Å². The van der Waals surface area contributed by atoms with Gasteiger partial charge in [0.2, 0.25) is 11.8 Å². The molecule has 2 heterocycles. The molecule has 0 saturated carbocycles. The van der Waals surface area contributed by atoms with Crippen LogP contribution in [0, 0.1) is 10.1 Å². The third kappa shape index (κ3) is 2.19. The minimum Gasteiger partial charge on any atom is -0.348 e. The van der Waals surface area contributed by atoms with Crippen molar-refractivity contribution < 1.29 is 4.92 Å². The molecule has 1 atom stereocenters. The van der Waals surface area contributed by atoms with Crippen molar-refractivity contribution in [2.24, 2.45) is 5.84 Å². The Bertz CT molecular complexity index is 452. The van der Waals surface area contributed by atoms with E-state index in [0.29, 0.717) is 11.9 Å². The highest BCUT2D eigenvalue weighted by Gasteiger charge is 2.30. The van der Waals surface area contributed by atoms with Crippen molar-refractivity contribution in [3.8, 4) is 0 Å². The molecule has 8 nitrogen and oxygen atoms in total. The Morgan fingerprint density at radius 3 is 3.11 bits per heavy atom. The third-order valence-corrected chi connectivity index (χ3v) is 3.20. The molecule has 0 aliphatic carbocycles. The van der Waals surface area contributed by atoms with Crippen molar-refractivity contribution in [1.29, 1.82) is 0 Å². The normalized spacial score (nSPS) is 19.0. The molecule has 3 N–H and O–H groups in total. The lowest BCUT2D eigenvalue weighted by Crippen LogP contribution is -2.30. The van der Waals surface area contributed by atoms with Crippen LogP contribution in [0.5, 0.6) is 0 Å². The number of nitrogen functional groups attached to an aromatic ring is 1. The van der Waals surface area contributed by atoms with Gasteiger partial charge in [0.1, 0.15) is 6.20 Å². The zero-order valence-corrected chi connectivity index (χ0v) is 10.2. The number of anilines is 2. The van der Waals surface area contributed by atoms with Gasteiger partial charge in [-0.05, 0) is 19.3 Å². The van der Waals surface area contributed by atoms with Crippen LogP contribution in [0.3, 0.4) is 0 Å². The molecule has 18 heavy (non-hydrogen) atoms. The molecular weight excluding hydrogens is 236 g/mol. The first-order valence-electron chi connectivity index (χ1n) is 5.92. The predicted octanol–water partition coefficient (Wildman–Crippen LogP) is 1.05.